The van der Waals surface area contributed by atoms with Gasteiger partial charge >= 0.3 is 0 Å². The van der Waals surface area contributed by atoms with Crippen molar-refractivity contribution in [1.82, 2.24) is 19.9 Å². The maximum absolute atomic E-state index is 6.12. The molecule has 1 aliphatic heterocycles. The van der Waals surface area contributed by atoms with Gasteiger partial charge < -0.3 is 19.4 Å². The van der Waals surface area contributed by atoms with Crippen LogP contribution >= 0.6 is 0 Å². The van der Waals surface area contributed by atoms with E-state index in [1.165, 1.54) is 0 Å². The number of benzene rings is 3. The lowest BCUT2D eigenvalue weighted by atomic mass is 10.0. The summed E-state index contributed by atoms with van der Waals surface area (Å²) in [5, 5.41) is 1.00. The Balaban J connectivity index is 1.34. The number of nitrogens with one attached hydrogen (secondary N) is 1. The highest BCUT2D eigenvalue weighted by molar-refractivity contribution is 5.90. The molecule has 7 heteroatoms. The highest BCUT2D eigenvalue weighted by Crippen LogP contribution is 2.34. The van der Waals surface area contributed by atoms with Crippen molar-refractivity contribution in [2.75, 3.05) is 25.2 Å². The third kappa shape index (κ3) is 4.05. The second kappa shape index (κ2) is 8.76. The molecule has 0 spiro atoms. The van der Waals surface area contributed by atoms with Gasteiger partial charge in [0.2, 0.25) is 0 Å². The number of hydrogen-bond donors (Lipinski definition) is 1. The van der Waals surface area contributed by atoms with Crippen LogP contribution in [0, 0.1) is 6.92 Å². The van der Waals surface area contributed by atoms with Crippen molar-refractivity contribution in [2.24, 2.45) is 0 Å². The number of ether oxygens (including phenoxy) is 2. The number of aryl methyl sites for hydroxylation is 1. The van der Waals surface area contributed by atoms with Crippen LogP contribution in [0.25, 0.3) is 33.4 Å². The second-order valence-corrected chi connectivity index (χ2v) is 8.59. The zero-order chi connectivity index (χ0) is 23.8. The van der Waals surface area contributed by atoms with Gasteiger partial charge in [-0.3, -0.25) is 0 Å². The number of fused-ring (bicyclic) bond motifs is 2. The molecule has 0 atom stereocenters. The van der Waals surface area contributed by atoms with Gasteiger partial charge in [-0.2, -0.15) is 0 Å². The number of rotatable bonds is 4. The maximum atomic E-state index is 6.12. The van der Waals surface area contributed by atoms with Crippen molar-refractivity contribution in [3.8, 4) is 34.0 Å². The summed E-state index contributed by atoms with van der Waals surface area (Å²) in [5.41, 5.74) is 5.37. The normalized spacial score (nSPS) is 13.3. The zero-order valence-electron chi connectivity index (χ0n) is 19.7. The van der Waals surface area contributed by atoms with Crippen LogP contribution in [0.2, 0.25) is 0 Å². The van der Waals surface area contributed by atoms with Crippen molar-refractivity contribution < 1.29 is 9.47 Å². The minimum atomic E-state index is 0.588. The Morgan fingerprint density at radius 3 is 2.57 bits per heavy atom. The van der Waals surface area contributed by atoms with Gasteiger partial charge in [0.15, 0.2) is 0 Å². The fourth-order valence-electron chi connectivity index (χ4n) is 4.57. The van der Waals surface area contributed by atoms with Crippen LogP contribution in [-0.4, -0.2) is 40.2 Å². The Bertz CT molecular complexity index is 1500. The van der Waals surface area contributed by atoms with E-state index in [4.69, 9.17) is 14.5 Å². The SMILES string of the molecule is COc1ccc2c(N3CCOc4ccc(-c5ccc(-c6ncc[nH]6)cc5)cc4C3)nc(C)nc2c1. The molecular weight excluding hydrogens is 438 g/mol. The van der Waals surface area contributed by atoms with Crippen molar-refractivity contribution in [3.05, 3.63) is 84.4 Å². The first-order valence-corrected chi connectivity index (χ1v) is 11.6. The molecule has 7 nitrogen and oxygen atoms in total. The Labute approximate surface area is 203 Å². The lowest BCUT2D eigenvalue weighted by molar-refractivity contribution is 0.331. The molecule has 0 radical (unpaired) electrons. The van der Waals surface area contributed by atoms with Crippen LogP contribution in [0.3, 0.4) is 0 Å². The molecule has 3 aromatic carbocycles. The predicted octanol–water partition coefficient (Wildman–Crippen LogP) is 5.40. The van der Waals surface area contributed by atoms with Crippen LogP contribution in [0.1, 0.15) is 11.4 Å². The van der Waals surface area contributed by atoms with E-state index in [0.717, 1.165) is 68.7 Å². The topological polar surface area (TPSA) is 76.2 Å². The molecule has 174 valence electrons. The molecule has 5 aromatic rings. The van der Waals surface area contributed by atoms with Gasteiger partial charge in [0.1, 0.15) is 35.6 Å². The van der Waals surface area contributed by atoms with Gasteiger partial charge in [-0.1, -0.05) is 30.3 Å². The summed E-state index contributed by atoms with van der Waals surface area (Å²) >= 11 is 0. The predicted molar refractivity (Wildman–Crippen MR) is 137 cm³/mol. The first kappa shape index (κ1) is 21.2. The van der Waals surface area contributed by atoms with Crippen LogP contribution in [0.4, 0.5) is 5.82 Å². The Kier molecular flexibility index (Phi) is 5.29. The van der Waals surface area contributed by atoms with E-state index < -0.39 is 0 Å². The lowest BCUT2D eigenvalue weighted by Crippen LogP contribution is -2.26. The standard InChI is InChI=1S/C28H25N5O2/c1-18-31-25-16-23(34-2)8-9-24(25)28(32-18)33-13-14-35-26-10-7-21(15-22(26)17-33)19-3-5-20(6-4-19)27-29-11-12-30-27/h3-12,15-16H,13-14,17H2,1-2H3,(H,29,30). The largest absolute Gasteiger partial charge is 0.497 e. The van der Waals surface area contributed by atoms with Gasteiger partial charge in [-0.15, -0.1) is 0 Å². The Morgan fingerprint density at radius 1 is 0.943 bits per heavy atom. The maximum Gasteiger partial charge on any atom is 0.140 e. The number of H-pyrrole nitrogens is 1. The molecule has 2 aromatic heterocycles. The summed E-state index contributed by atoms with van der Waals surface area (Å²) in [4.78, 5) is 19.2. The molecule has 0 unspecified atom stereocenters. The molecule has 0 aliphatic carbocycles. The quantitative estimate of drug-likeness (QED) is 0.384. The number of anilines is 1. The fourth-order valence-corrected chi connectivity index (χ4v) is 4.57. The second-order valence-electron chi connectivity index (χ2n) is 8.59. The van der Waals surface area contributed by atoms with Gasteiger partial charge in [0.25, 0.3) is 0 Å². The smallest absolute Gasteiger partial charge is 0.140 e. The summed E-state index contributed by atoms with van der Waals surface area (Å²) < 4.78 is 11.5. The molecule has 1 aliphatic rings. The van der Waals surface area contributed by atoms with Crippen LogP contribution in [0.5, 0.6) is 11.5 Å². The van der Waals surface area contributed by atoms with E-state index in [9.17, 15) is 0 Å². The molecule has 1 N–H and O–H groups in total. The fraction of sp³-hybridized carbons (Fsp3) is 0.179. The van der Waals surface area contributed by atoms with E-state index in [1.54, 1.807) is 13.3 Å². The molecule has 0 bridgehead atoms. The molecule has 0 saturated heterocycles. The number of aromatic nitrogens is 4. The average Bonchev–Trinajstić information content (AvgIpc) is 3.34. The van der Waals surface area contributed by atoms with Crippen molar-refractivity contribution in [3.63, 3.8) is 0 Å². The van der Waals surface area contributed by atoms with Crippen LogP contribution < -0.4 is 14.4 Å². The molecule has 3 heterocycles. The molecule has 0 saturated carbocycles. The van der Waals surface area contributed by atoms with Crippen LogP contribution in [-0.2, 0) is 6.54 Å². The average molecular weight is 464 g/mol. The summed E-state index contributed by atoms with van der Waals surface area (Å²) in [6, 6.07) is 20.8. The highest BCUT2D eigenvalue weighted by atomic mass is 16.5. The Morgan fingerprint density at radius 2 is 1.77 bits per heavy atom. The highest BCUT2D eigenvalue weighted by Gasteiger charge is 2.20. The van der Waals surface area contributed by atoms with E-state index in [-0.39, 0.29) is 0 Å². The van der Waals surface area contributed by atoms with Gasteiger partial charge in [-0.05, 0) is 42.3 Å². The Hall–Kier alpha value is -4.39. The number of methoxy groups -OCH3 is 1. The molecule has 6 rings (SSSR count). The molecular formula is C28H25N5O2. The lowest BCUT2D eigenvalue weighted by Gasteiger charge is -2.23. The minimum absolute atomic E-state index is 0.588. The third-order valence-corrected chi connectivity index (χ3v) is 6.33. The minimum Gasteiger partial charge on any atom is -0.497 e. The van der Waals surface area contributed by atoms with Crippen LogP contribution in [0.15, 0.2) is 73.1 Å². The van der Waals surface area contributed by atoms with Gasteiger partial charge in [-0.25, -0.2) is 15.0 Å². The molecule has 0 amide bonds. The van der Waals surface area contributed by atoms with E-state index in [0.29, 0.717) is 13.2 Å². The first-order chi connectivity index (χ1) is 17.2. The molecule has 0 fully saturated rings. The summed E-state index contributed by atoms with van der Waals surface area (Å²) in [6.07, 6.45) is 3.60. The summed E-state index contributed by atoms with van der Waals surface area (Å²) in [6.45, 7) is 3.95. The number of nitrogens with zero attached hydrogens (tertiary/aromatic N) is 4. The van der Waals surface area contributed by atoms with E-state index in [2.05, 4.69) is 62.3 Å². The van der Waals surface area contributed by atoms with Crippen molar-refractivity contribution in [2.45, 2.75) is 13.5 Å². The third-order valence-electron chi connectivity index (χ3n) is 6.33. The number of hydrogen-bond acceptors (Lipinski definition) is 6. The first-order valence-electron chi connectivity index (χ1n) is 11.6. The van der Waals surface area contributed by atoms with Gasteiger partial charge in [0, 0.05) is 41.5 Å². The van der Waals surface area contributed by atoms with Gasteiger partial charge in [0.05, 0.1) is 19.2 Å². The number of imidazole rings is 1. The molecule has 35 heavy (non-hydrogen) atoms. The van der Waals surface area contributed by atoms with Crippen molar-refractivity contribution in [1.29, 1.82) is 0 Å². The number of aromatic amines is 1. The summed E-state index contributed by atoms with van der Waals surface area (Å²) in [5.74, 6) is 4.22. The van der Waals surface area contributed by atoms with E-state index >= 15 is 0 Å². The summed E-state index contributed by atoms with van der Waals surface area (Å²) in [7, 11) is 1.67. The van der Waals surface area contributed by atoms with Crippen molar-refractivity contribution >= 4 is 16.7 Å². The zero-order valence-corrected chi connectivity index (χ0v) is 19.7. The monoisotopic (exact) mass is 463 g/mol. The van der Waals surface area contributed by atoms with E-state index in [1.807, 2.05) is 31.3 Å².